The van der Waals surface area contributed by atoms with Gasteiger partial charge in [-0.1, -0.05) is 0 Å². The highest BCUT2D eigenvalue weighted by Gasteiger charge is 2.25. The molecule has 2 aliphatic rings. The van der Waals surface area contributed by atoms with E-state index in [9.17, 15) is 4.79 Å². The van der Waals surface area contributed by atoms with Gasteiger partial charge in [0.1, 0.15) is 5.69 Å². The van der Waals surface area contributed by atoms with Crippen LogP contribution in [0, 0.1) is 6.92 Å². The van der Waals surface area contributed by atoms with Crippen molar-refractivity contribution in [1.82, 2.24) is 15.0 Å². The summed E-state index contributed by atoms with van der Waals surface area (Å²) in [6.45, 7) is 7.38. The Kier molecular flexibility index (Phi) is 6.40. The molecule has 0 unspecified atom stereocenters. The van der Waals surface area contributed by atoms with Crippen molar-refractivity contribution in [3.8, 4) is 17.0 Å². The Balaban J connectivity index is 1.42. The first-order chi connectivity index (χ1) is 16.6. The number of carbonyl (C=O) groups is 1. The van der Waals surface area contributed by atoms with Crippen molar-refractivity contribution in [3.63, 3.8) is 0 Å². The number of ether oxygens (including phenoxy) is 2. The van der Waals surface area contributed by atoms with E-state index in [1.807, 2.05) is 26.0 Å². The number of anilines is 2. The molecule has 0 bridgehead atoms. The van der Waals surface area contributed by atoms with Crippen LogP contribution in [0.5, 0.6) is 5.88 Å². The third-order valence-electron chi connectivity index (χ3n) is 6.16. The minimum absolute atomic E-state index is 0.167. The summed E-state index contributed by atoms with van der Waals surface area (Å²) in [5, 5.41) is 2.99. The number of hydrogen-bond donors (Lipinski definition) is 1. The van der Waals surface area contributed by atoms with Gasteiger partial charge in [-0.05, 0) is 51.0 Å². The third-order valence-corrected chi connectivity index (χ3v) is 6.16. The summed E-state index contributed by atoms with van der Waals surface area (Å²) in [7, 11) is 0. The molecule has 2 fully saturated rings. The lowest BCUT2D eigenvalue weighted by atomic mass is 10.0. The van der Waals surface area contributed by atoms with E-state index in [-0.39, 0.29) is 5.91 Å². The van der Waals surface area contributed by atoms with Gasteiger partial charge in [0, 0.05) is 59.5 Å². The Morgan fingerprint density at radius 1 is 1.15 bits per heavy atom. The third kappa shape index (κ3) is 4.87. The van der Waals surface area contributed by atoms with Crippen LogP contribution in [-0.4, -0.2) is 53.8 Å². The Labute approximate surface area is 199 Å². The molecule has 1 aliphatic heterocycles. The molecule has 0 spiro atoms. The Morgan fingerprint density at radius 3 is 2.74 bits per heavy atom. The largest absolute Gasteiger partial charge is 0.476 e. The lowest BCUT2D eigenvalue weighted by Crippen LogP contribution is -2.36. The van der Waals surface area contributed by atoms with Crippen LogP contribution >= 0.6 is 0 Å². The van der Waals surface area contributed by atoms with Crippen LogP contribution in [0.3, 0.4) is 0 Å². The van der Waals surface area contributed by atoms with Gasteiger partial charge in [-0.25, -0.2) is 4.98 Å². The number of rotatable bonds is 7. The van der Waals surface area contributed by atoms with Crippen LogP contribution in [-0.2, 0) is 4.74 Å². The van der Waals surface area contributed by atoms with Crippen molar-refractivity contribution in [1.29, 1.82) is 0 Å². The molecule has 3 aromatic heterocycles. The Hall–Kier alpha value is -3.52. The van der Waals surface area contributed by atoms with Crippen molar-refractivity contribution in [2.45, 2.75) is 32.6 Å². The maximum absolute atomic E-state index is 12.9. The molecule has 34 heavy (non-hydrogen) atoms. The SMILES string of the molecule is CCOc1ncc(-c2cc(NC(=O)c3ccnc(C4CC4)c3)cnc2C)cc1N1CCOCC1. The van der Waals surface area contributed by atoms with Gasteiger partial charge in [-0.15, -0.1) is 0 Å². The topological polar surface area (TPSA) is 89.5 Å². The highest BCUT2D eigenvalue weighted by atomic mass is 16.5. The molecule has 1 saturated heterocycles. The van der Waals surface area contributed by atoms with E-state index in [2.05, 4.69) is 31.2 Å². The van der Waals surface area contributed by atoms with Crippen molar-refractivity contribution in [2.24, 2.45) is 0 Å². The van der Waals surface area contributed by atoms with E-state index < -0.39 is 0 Å². The molecule has 176 valence electrons. The van der Waals surface area contributed by atoms with Crippen molar-refractivity contribution in [3.05, 3.63) is 59.8 Å². The molecule has 5 rings (SSSR count). The zero-order valence-electron chi connectivity index (χ0n) is 19.6. The standard InChI is InChI=1S/C26H29N5O3/c1-3-34-26-24(31-8-10-33-11-9-31)13-20(15-29-26)22-14-21(16-28-17(22)2)30-25(32)19-6-7-27-23(12-19)18-4-5-18/h6-7,12-16,18H,3-5,8-11H2,1-2H3,(H,30,32). The monoisotopic (exact) mass is 459 g/mol. The number of nitrogens with zero attached hydrogens (tertiary/aromatic N) is 4. The molecule has 1 N–H and O–H groups in total. The molecule has 0 aromatic carbocycles. The first kappa shape index (κ1) is 22.3. The number of carbonyl (C=O) groups excluding carboxylic acids is 1. The number of amides is 1. The summed E-state index contributed by atoms with van der Waals surface area (Å²) in [6, 6.07) is 7.67. The molecule has 3 aromatic rings. The number of pyridine rings is 3. The quantitative estimate of drug-likeness (QED) is 0.566. The zero-order chi connectivity index (χ0) is 23.5. The van der Waals surface area contributed by atoms with Crippen molar-refractivity contribution >= 4 is 17.3 Å². The second-order valence-electron chi connectivity index (χ2n) is 8.64. The molecule has 8 nitrogen and oxygen atoms in total. The molecule has 0 atom stereocenters. The molecule has 8 heteroatoms. The Bertz CT molecular complexity index is 1190. The average molecular weight is 460 g/mol. The van der Waals surface area contributed by atoms with Gasteiger partial charge >= 0.3 is 0 Å². The molecule has 1 saturated carbocycles. The maximum Gasteiger partial charge on any atom is 0.255 e. The van der Waals surface area contributed by atoms with Gasteiger partial charge in [-0.3, -0.25) is 14.8 Å². The van der Waals surface area contributed by atoms with Crippen LogP contribution < -0.4 is 15.0 Å². The average Bonchev–Trinajstić information content (AvgIpc) is 3.72. The Morgan fingerprint density at radius 2 is 1.97 bits per heavy atom. The maximum atomic E-state index is 12.9. The molecule has 0 radical (unpaired) electrons. The summed E-state index contributed by atoms with van der Waals surface area (Å²) in [5.74, 6) is 0.945. The summed E-state index contributed by atoms with van der Waals surface area (Å²) < 4.78 is 11.3. The van der Waals surface area contributed by atoms with Gasteiger partial charge in [0.2, 0.25) is 5.88 Å². The highest BCUT2D eigenvalue weighted by Crippen LogP contribution is 2.39. The van der Waals surface area contributed by atoms with E-state index in [4.69, 9.17) is 9.47 Å². The number of hydrogen-bond acceptors (Lipinski definition) is 7. The number of aryl methyl sites for hydroxylation is 1. The lowest BCUT2D eigenvalue weighted by Gasteiger charge is -2.30. The highest BCUT2D eigenvalue weighted by molar-refractivity contribution is 6.04. The normalized spacial score (nSPS) is 15.8. The van der Waals surface area contributed by atoms with Crippen LogP contribution in [0.2, 0.25) is 0 Å². The van der Waals surface area contributed by atoms with E-state index in [0.717, 1.165) is 54.1 Å². The van der Waals surface area contributed by atoms with Crippen LogP contribution in [0.25, 0.3) is 11.1 Å². The first-order valence-corrected chi connectivity index (χ1v) is 11.8. The van der Waals surface area contributed by atoms with E-state index in [1.54, 1.807) is 24.7 Å². The van der Waals surface area contributed by atoms with Gasteiger partial charge in [0.05, 0.1) is 31.7 Å². The number of aromatic nitrogens is 3. The second kappa shape index (κ2) is 9.77. The fourth-order valence-corrected chi connectivity index (χ4v) is 4.16. The van der Waals surface area contributed by atoms with Crippen LogP contribution in [0.4, 0.5) is 11.4 Å². The smallest absolute Gasteiger partial charge is 0.255 e. The van der Waals surface area contributed by atoms with Crippen molar-refractivity contribution in [2.75, 3.05) is 43.1 Å². The summed E-state index contributed by atoms with van der Waals surface area (Å²) in [4.78, 5) is 28.7. The number of nitrogens with one attached hydrogen (secondary N) is 1. The van der Waals surface area contributed by atoms with E-state index in [1.165, 1.54) is 0 Å². The molecule has 1 aliphatic carbocycles. The molecular formula is C26H29N5O3. The minimum Gasteiger partial charge on any atom is -0.476 e. The van der Waals surface area contributed by atoms with Gasteiger partial charge in [0.15, 0.2) is 0 Å². The van der Waals surface area contributed by atoms with Crippen molar-refractivity contribution < 1.29 is 14.3 Å². The molecule has 1 amide bonds. The molecule has 4 heterocycles. The lowest BCUT2D eigenvalue weighted by molar-refractivity contribution is 0.102. The summed E-state index contributed by atoms with van der Waals surface area (Å²) >= 11 is 0. The zero-order valence-corrected chi connectivity index (χ0v) is 19.6. The second-order valence-corrected chi connectivity index (χ2v) is 8.64. The number of morpholine rings is 1. The predicted octanol–water partition coefficient (Wildman–Crippen LogP) is 4.21. The van der Waals surface area contributed by atoms with Crippen LogP contribution in [0.15, 0.2) is 42.9 Å². The predicted molar refractivity (Wildman–Crippen MR) is 131 cm³/mol. The first-order valence-electron chi connectivity index (χ1n) is 11.8. The van der Waals surface area contributed by atoms with Gasteiger partial charge < -0.3 is 19.7 Å². The fourth-order valence-electron chi connectivity index (χ4n) is 4.16. The summed E-state index contributed by atoms with van der Waals surface area (Å²) in [6.07, 6.45) is 7.48. The van der Waals surface area contributed by atoms with E-state index >= 15 is 0 Å². The van der Waals surface area contributed by atoms with Crippen LogP contribution in [0.1, 0.15) is 47.4 Å². The minimum atomic E-state index is -0.167. The fraction of sp³-hybridized carbons (Fsp3) is 0.385. The summed E-state index contributed by atoms with van der Waals surface area (Å²) in [5.41, 5.74) is 5.87. The van der Waals surface area contributed by atoms with Gasteiger partial charge in [0.25, 0.3) is 5.91 Å². The molecular weight excluding hydrogens is 430 g/mol. The van der Waals surface area contributed by atoms with E-state index in [0.29, 0.717) is 42.9 Å². The van der Waals surface area contributed by atoms with Gasteiger partial charge in [-0.2, -0.15) is 0 Å².